The second kappa shape index (κ2) is 9.14. The van der Waals surface area contributed by atoms with Crippen molar-refractivity contribution in [3.05, 3.63) is 83.2 Å². The molecule has 1 aliphatic heterocycles. The Morgan fingerprint density at radius 1 is 1.08 bits per heavy atom. The van der Waals surface area contributed by atoms with Crippen LogP contribution in [-0.2, 0) is 31.0 Å². The fourth-order valence-corrected chi connectivity index (χ4v) is 4.84. The number of carbonyl (C=O) groups excluding carboxylic acids is 1. The molecule has 0 saturated heterocycles. The fourth-order valence-electron chi connectivity index (χ4n) is 4.84. The number of methoxy groups -OCH3 is 1. The van der Waals surface area contributed by atoms with Gasteiger partial charge in [0.15, 0.2) is 0 Å². The first-order chi connectivity index (χ1) is 17.3. The summed E-state index contributed by atoms with van der Waals surface area (Å²) in [5.74, 6) is 0.0985. The number of fused-ring (bicyclic) bond motifs is 2. The van der Waals surface area contributed by atoms with E-state index in [1.807, 2.05) is 41.9 Å². The summed E-state index contributed by atoms with van der Waals surface area (Å²) in [4.78, 5) is 23.4. The Morgan fingerprint density at radius 3 is 2.58 bits per heavy atom. The van der Waals surface area contributed by atoms with E-state index in [4.69, 9.17) is 4.74 Å². The number of alkyl halides is 3. The minimum atomic E-state index is -4.42. The molecule has 6 nitrogen and oxygen atoms in total. The van der Waals surface area contributed by atoms with E-state index in [-0.39, 0.29) is 31.0 Å². The molecule has 2 aromatic carbocycles. The molecule has 1 aliphatic rings. The summed E-state index contributed by atoms with van der Waals surface area (Å²) in [7, 11) is 3.41. The SMILES string of the molecule is COc1ncnc2c1c(/C=C/C(=O)N1CCc3c(cccc3C(F)(F)F)C1)c(-c1ccccc1)n2C. The number of benzene rings is 2. The Kier molecular flexibility index (Phi) is 5.99. The lowest BCUT2D eigenvalue weighted by atomic mass is 9.94. The van der Waals surface area contributed by atoms with Crippen molar-refractivity contribution < 1.29 is 22.7 Å². The molecule has 0 saturated carbocycles. The van der Waals surface area contributed by atoms with Crippen LogP contribution < -0.4 is 4.74 Å². The first-order valence-electron chi connectivity index (χ1n) is 11.4. The molecule has 1 amide bonds. The molecular formula is C27H23F3N4O2. The van der Waals surface area contributed by atoms with Crippen LogP contribution >= 0.6 is 0 Å². The molecule has 0 radical (unpaired) electrons. The molecule has 0 aliphatic carbocycles. The third kappa shape index (κ3) is 4.10. The third-order valence-corrected chi connectivity index (χ3v) is 6.49. The summed E-state index contributed by atoms with van der Waals surface area (Å²) in [6.45, 7) is 0.326. The van der Waals surface area contributed by atoms with Gasteiger partial charge in [-0.05, 0) is 35.3 Å². The summed E-state index contributed by atoms with van der Waals surface area (Å²) in [5, 5.41) is 0.671. The molecule has 0 fully saturated rings. The van der Waals surface area contributed by atoms with Crippen LogP contribution in [0.4, 0.5) is 13.2 Å². The number of nitrogens with zero attached hydrogens (tertiary/aromatic N) is 4. The highest BCUT2D eigenvalue weighted by atomic mass is 19.4. The van der Waals surface area contributed by atoms with Crippen LogP contribution in [0.1, 0.15) is 22.3 Å². The lowest BCUT2D eigenvalue weighted by molar-refractivity contribution is -0.138. The van der Waals surface area contributed by atoms with Gasteiger partial charge in [-0.2, -0.15) is 13.2 Å². The average molecular weight is 493 g/mol. The zero-order valence-electron chi connectivity index (χ0n) is 19.7. The molecule has 4 aromatic rings. The average Bonchev–Trinajstić information content (AvgIpc) is 3.18. The number of amides is 1. The van der Waals surface area contributed by atoms with E-state index in [0.717, 1.165) is 22.9 Å². The van der Waals surface area contributed by atoms with Gasteiger partial charge < -0.3 is 14.2 Å². The maximum Gasteiger partial charge on any atom is 0.416 e. The predicted octanol–water partition coefficient (Wildman–Crippen LogP) is 5.26. The van der Waals surface area contributed by atoms with E-state index in [2.05, 4.69) is 9.97 Å². The summed E-state index contributed by atoms with van der Waals surface area (Å²) in [5.41, 5.74) is 3.30. The second-order valence-electron chi connectivity index (χ2n) is 8.55. The largest absolute Gasteiger partial charge is 0.480 e. The van der Waals surface area contributed by atoms with Crippen LogP contribution in [0.15, 0.2) is 60.9 Å². The van der Waals surface area contributed by atoms with Crippen molar-refractivity contribution in [3.8, 4) is 17.1 Å². The van der Waals surface area contributed by atoms with Gasteiger partial charge in [-0.1, -0.05) is 42.5 Å². The Balaban J connectivity index is 1.52. The van der Waals surface area contributed by atoms with Crippen LogP contribution in [0.25, 0.3) is 28.4 Å². The first kappa shape index (κ1) is 23.6. The molecule has 0 spiro atoms. The number of aryl methyl sites for hydroxylation is 1. The monoisotopic (exact) mass is 492 g/mol. The highest BCUT2D eigenvalue weighted by Gasteiger charge is 2.35. The van der Waals surface area contributed by atoms with Crippen molar-refractivity contribution in [1.82, 2.24) is 19.4 Å². The summed E-state index contributed by atoms with van der Waals surface area (Å²) in [6.07, 6.45) is 0.318. The van der Waals surface area contributed by atoms with E-state index in [9.17, 15) is 18.0 Å². The molecule has 0 unspecified atom stereocenters. The van der Waals surface area contributed by atoms with E-state index in [0.29, 0.717) is 22.5 Å². The number of hydrogen-bond acceptors (Lipinski definition) is 4. The second-order valence-corrected chi connectivity index (χ2v) is 8.55. The standard InChI is InChI=1S/C27H23F3N4O2/c1-33-24(17-7-4-3-5-8-17)20(23-25(33)31-16-32-26(23)36-2)11-12-22(35)34-14-13-19-18(15-34)9-6-10-21(19)27(28,29)30/h3-12,16H,13-15H2,1-2H3/b12-11+. The first-order valence-corrected chi connectivity index (χ1v) is 11.4. The molecule has 2 aromatic heterocycles. The van der Waals surface area contributed by atoms with Gasteiger partial charge in [0.05, 0.1) is 23.8 Å². The summed E-state index contributed by atoms with van der Waals surface area (Å²) >= 11 is 0. The van der Waals surface area contributed by atoms with Crippen molar-refractivity contribution in [2.75, 3.05) is 13.7 Å². The molecular weight excluding hydrogens is 469 g/mol. The van der Waals surface area contributed by atoms with E-state index >= 15 is 0 Å². The highest BCUT2D eigenvalue weighted by Crippen LogP contribution is 2.38. The number of carbonyl (C=O) groups is 1. The summed E-state index contributed by atoms with van der Waals surface area (Å²) in [6, 6.07) is 13.8. The minimum Gasteiger partial charge on any atom is -0.480 e. The molecule has 0 bridgehead atoms. The topological polar surface area (TPSA) is 60.3 Å². The molecule has 184 valence electrons. The minimum absolute atomic E-state index is 0.121. The lowest BCUT2D eigenvalue weighted by Crippen LogP contribution is -2.35. The van der Waals surface area contributed by atoms with Gasteiger partial charge in [0.25, 0.3) is 0 Å². The molecule has 0 atom stereocenters. The van der Waals surface area contributed by atoms with Crippen molar-refractivity contribution >= 4 is 23.0 Å². The molecule has 3 heterocycles. The van der Waals surface area contributed by atoms with Gasteiger partial charge in [0, 0.05) is 31.8 Å². The molecule has 9 heteroatoms. The van der Waals surface area contributed by atoms with Crippen LogP contribution in [-0.4, -0.2) is 39.0 Å². The number of ether oxygens (including phenoxy) is 1. The van der Waals surface area contributed by atoms with Crippen LogP contribution in [0.5, 0.6) is 5.88 Å². The number of hydrogen-bond donors (Lipinski definition) is 0. The van der Waals surface area contributed by atoms with Crippen molar-refractivity contribution in [1.29, 1.82) is 0 Å². The maximum atomic E-state index is 13.4. The Morgan fingerprint density at radius 2 is 1.86 bits per heavy atom. The van der Waals surface area contributed by atoms with Crippen LogP contribution in [0.2, 0.25) is 0 Å². The Labute approximate surface area is 205 Å². The van der Waals surface area contributed by atoms with Crippen LogP contribution in [0, 0.1) is 0 Å². The van der Waals surface area contributed by atoms with E-state index in [1.54, 1.807) is 17.0 Å². The fraction of sp³-hybridized carbons (Fsp3) is 0.222. The van der Waals surface area contributed by atoms with Crippen molar-refractivity contribution in [3.63, 3.8) is 0 Å². The number of rotatable bonds is 4. The van der Waals surface area contributed by atoms with E-state index in [1.165, 1.54) is 25.6 Å². The van der Waals surface area contributed by atoms with Crippen molar-refractivity contribution in [2.45, 2.75) is 19.1 Å². The molecule has 36 heavy (non-hydrogen) atoms. The quantitative estimate of drug-likeness (QED) is 0.365. The van der Waals surface area contributed by atoms with Gasteiger partial charge in [0.2, 0.25) is 11.8 Å². The Bertz CT molecular complexity index is 1480. The van der Waals surface area contributed by atoms with E-state index < -0.39 is 11.7 Å². The summed E-state index contributed by atoms with van der Waals surface area (Å²) < 4.78 is 47.6. The van der Waals surface area contributed by atoms with Crippen LogP contribution in [0.3, 0.4) is 0 Å². The predicted molar refractivity (Wildman–Crippen MR) is 130 cm³/mol. The normalized spacial score (nSPS) is 13.9. The third-order valence-electron chi connectivity index (χ3n) is 6.49. The lowest BCUT2D eigenvalue weighted by Gasteiger charge is -2.29. The van der Waals surface area contributed by atoms with Gasteiger partial charge in [0.1, 0.15) is 12.0 Å². The zero-order chi connectivity index (χ0) is 25.4. The van der Waals surface area contributed by atoms with Gasteiger partial charge in [-0.3, -0.25) is 4.79 Å². The zero-order valence-corrected chi connectivity index (χ0v) is 19.7. The highest BCUT2D eigenvalue weighted by molar-refractivity contribution is 6.02. The van der Waals surface area contributed by atoms with Gasteiger partial charge in [-0.15, -0.1) is 0 Å². The molecule has 5 rings (SSSR count). The maximum absolute atomic E-state index is 13.4. The van der Waals surface area contributed by atoms with Crippen molar-refractivity contribution in [2.24, 2.45) is 7.05 Å². The smallest absolute Gasteiger partial charge is 0.416 e. The van der Waals surface area contributed by atoms with Gasteiger partial charge in [-0.25, -0.2) is 9.97 Å². The Hall–Kier alpha value is -4.14. The number of halogens is 3. The molecule has 0 N–H and O–H groups in total. The van der Waals surface area contributed by atoms with Gasteiger partial charge >= 0.3 is 6.18 Å². The number of aromatic nitrogens is 3.